The smallest absolute Gasteiger partial charge is 0.341 e. The summed E-state index contributed by atoms with van der Waals surface area (Å²) in [5.41, 5.74) is 0.785. The Morgan fingerprint density at radius 2 is 2.09 bits per heavy atom. The van der Waals surface area contributed by atoms with Crippen LogP contribution in [0.25, 0.3) is 5.65 Å². The van der Waals surface area contributed by atoms with E-state index in [4.69, 9.17) is 9.84 Å². The topological polar surface area (TPSA) is 96.7 Å². The van der Waals surface area contributed by atoms with Crippen molar-refractivity contribution >= 4 is 11.6 Å². The minimum atomic E-state index is -1.13. The maximum absolute atomic E-state index is 12.5. The SMILES string of the molecule is Cc1nc2c(C(=O)O)c[nH]n2c(=O)c1CCOc1ccccc1. The van der Waals surface area contributed by atoms with Crippen LogP contribution in [0.15, 0.2) is 41.3 Å². The summed E-state index contributed by atoms with van der Waals surface area (Å²) in [4.78, 5) is 27.8. The molecular formula is C16H15N3O4. The number of aromatic nitrogens is 3. The summed E-state index contributed by atoms with van der Waals surface area (Å²) < 4.78 is 6.74. The van der Waals surface area contributed by atoms with Crippen LogP contribution in [-0.4, -0.2) is 32.3 Å². The van der Waals surface area contributed by atoms with Crippen molar-refractivity contribution in [3.8, 4) is 5.75 Å². The quantitative estimate of drug-likeness (QED) is 0.746. The van der Waals surface area contributed by atoms with Crippen LogP contribution in [0, 0.1) is 6.92 Å². The number of rotatable bonds is 5. The third-order valence-electron chi connectivity index (χ3n) is 3.56. The fourth-order valence-corrected chi connectivity index (χ4v) is 2.39. The molecule has 0 fully saturated rings. The molecule has 0 spiro atoms. The number of hydrogen-bond acceptors (Lipinski definition) is 4. The van der Waals surface area contributed by atoms with Gasteiger partial charge in [0, 0.05) is 23.9 Å². The average Bonchev–Trinajstić information content (AvgIpc) is 2.95. The zero-order valence-electron chi connectivity index (χ0n) is 12.4. The van der Waals surface area contributed by atoms with Gasteiger partial charge < -0.3 is 9.84 Å². The van der Waals surface area contributed by atoms with Gasteiger partial charge in [0.25, 0.3) is 5.56 Å². The molecule has 2 N–H and O–H groups in total. The standard InChI is InChI=1S/C16H15N3O4/c1-10-12(7-8-23-11-5-3-2-4-6-11)15(20)19-14(18-10)13(9-17-19)16(21)22/h2-6,9,17H,7-8H2,1H3,(H,21,22). The zero-order chi connectivity index (χ0) is 16.4. The highest BCUT2D eigenvalue weighted by Gasteiger charge is 2.17. The number of para-hydroxylation sites is 1. The fraction of sp³-hybridized carbons (Fsp3) is 0.188. The third-order valence-corrected chi connectivity index (χ3v) is 3.56. The van der Waals surface area contributed by atoms with Gasteiger partial charge in [0.2, 0.25) is 0 Å². The number of nitrogens with zero attached hydrogens (tertiary/aromatic N) is 2. The molecule has 7 heteroatoms. The molecule has 0 atom stereocenters. The van der Waals surface area contributed by atoms with E-state index >= 15 is 0 Å². The van der Waals surface area contributed by atoms with Gasteiger partial charge >= 0.3 is 5.97 Å². The molecule has 0 unspecified atom stereocenters. The maximum Gasteiger partial charge on any atom is 0.341 e. The molecule has 0 aliphatic carbocycles. The molecule has 0 bridgehead atoms. The molecule has 2 aromatic heterocycles. The Labute approximate surface area is 131 Å². The Kier molecular flexibility index (Phi) is 3.84. The number of carboxylic acids is 1. The lowest BCUT2D eigenvalue weighted by molar-refractivity contribution is 0.0698. The van der Waals surface area contributed by atoms with E-state index < -0.39 is 5.97 Å². The lowest BCUT2D eigenvalue weighted by Gasteiger charge is -2.08. The summed E-state index contributed by atoms with van der Waals surface area (Å²) in [6, 6.07) is 9.31. The first-order valence-electron chi connectivity index (χ1n) is 7.08. The molecule has 3 rings (SSSR count). The Hall–Kier alpha value is -3.09. The van der Waals surface area contributed by atoms with Crippen LogP contribution < -0.4 is 10.3 Å². The van der Waals surface area contributed by atoms with E-state index in [1.165, 1.54) is 6.20 Å². The molecule has 118 valence electrons. The number of carboxylic acid groups (broad SMARTS) is 1. The number of benzene rings is 1. The largest absolute Gasteiger partial charge is 0.493 e. The first kappa shape index (κ1) is 14.8. The number of fused-ring (bicyclic) bond motifs is 1. The Morgan fingerprint density at radius 3 is 2.78 bits per heavy atom. The third kappa shape index (κ3) is 2.80. The van der Waals surface area contributed by atoms with Gasteiger partial charge in [-0.3, -0.25) is 9.89 Å². The number of nitrogens with one attached hydrogen (secondary N) is 1. The number of carbonyl (C=O) groups is 1. The maximum atomic E-state index is 12.5. The van der Waals surface area contributed by atoms with Gasteiger partial charge in [-0.25, -0.2) is 14.3 Å². The highest BCUT2D eigenvalue weighted by Crippen LogP contribution is 2.11. The molecule has 0 amide bonds. The Balaban J connectivity index is 1.87. The summed E-state index contributed by atoms with van der Waals surface area (Å²) in [5, 5.41) is 11.7. The minimum Gasteiger partial charge on any atom is -0.493 e. The van der Waals surface area contributed by atoms with Gasteiger partial charge in [-0.15, -0.1) is 0 Å². The van der Waals surface area contributed by atoms with Crippen LogP contribution in [0.1, 0.15) is 21.6 Å². The second-order valence-corrected chi connectivity index (χ2v) is 5.04. The van der Waals surface area contributed by atoms with Gasteiger partial charge in [-0.05, 0) is 19.1 Å². The van der Waals surface area contributed by atoms with Crippen LogP contribution in [0.2, 0.25) is 0 Å². The predicted octanol–water partition coefficient (Wildman–Crippen LogP) is 1.65. The first-order valence-corrected chi connectivity index (χ1v) is 7.08. The van der Waals surface area contributed by atoms with Gasteiger partial charge in [-0.1, -0.05) is 18.2 Å². The zero-order valence-corrected chi connectivity index (χ0v) is 12.4. The molecule has 3 aromatic rings. The van der Waals surface area contributed by atoms with Crippen molar-refractivity contribution in [3.05, 3.63) is 63.7 Å². The van der Waals surface area contributed by atoms with Crippen molar-refractivity contribution in [2.24, 2.45) is 0 Å². The van der Waals surface area contributed by atoms with Crippen LogP contribution in [0.5, 0.6) is 5.75 Å². The minimum absolute atomic E-state index is 0.0303. The average molecular weight is 313 g/mol. The molecule has 0 aliphatic heterocycles. The Morgan fingerprint density at radius 1 is 1.35 bits per heavy atom. The molecule has 1 aromatic carbocycles. The summed E-state index contributed by atoms with van der Waals surface area (Å²) in [6.07, 6.45) is 1.65. The van der Waals surface area contributed by atoms with E-state index in [1.54, 1.807) is 6.92 Å². The molecular weight excluding hydrogens is 298 g/mol. The molecule has 0 saturated heterocycles. The van der Waals surface area contributed by atoms with Gasteiger partial charge in [-0.2, -0.15) is 0 Å². The van der Waals surface area contributed by atoms with Crippen LogP contribution >= 0.6 is 0 Å². The number of aromatic carboxylic acids is 1. The molecule has 0 saturated carbocycles. The van der Waals surface area contributed by atoms with E-state index in [9.17, 15) is 9.59 Å². The number of hydrogen-bond donors (Lipinski definition) is 2. The summed E-state index contributed by atoms with van der Waals surface area (Å²) in [7, 11) is 0. The summed E-state index contributed by atoms with van der Waals surface area (Å²) in [5.74, 6) is -0.400. The van der Waals surface area contributed by atoms with E-state index in [2.05, 4.69) is 10.1 Å². The van der Waals surface area contributed by atoms with Gasteiger partial charge in [0.15, 0.2) is 5.65 Å². The van der Waals surface area contributed by atoms with E-state index in [-0.39, 0.29) is 16.8 Å². The molecule has 7 nitrogen and oxygen atoms in total. The van der Waals surface area contributed by atoms with Crippen molar-refractivity contribution < 1.29 is 14.6 Å². The number of aromatic amines is 1. The van der Waals surface area contributed by atoms with Crippen molar-refractivity contribution in [1.29, 1.82) is 0 Å². The molecule has 0 radical (unpaired) electrons. The van der Waals surface area contributed by atoms with Crippen LogP contribution in [0.4, 0.5) is 0 Å². The monoisotopic (exact) mass is 313 g/mol. The van der Waals surface area contributed by atoms with Crippen molar-refractivity contribution in [3.63, 3.8) is 0 Å². The molecule has 2 heterocycles. The van der Waals surface area contributed by atoms with Crippen molar-refractivity contribution in [2.45, 2.75) is 13.3 Å². The highest BCUT2D eigenvalue weighted by atomic mass is 16.5. The van der Waals surface area contributed by atoms with E-state index in [0.717, 1.165) is 10.3 Å². The Bertz CT molecular complexity index is 912. The predicted molar refractivity (Wildman–Crippen MR) is 83.2 cm³/mol. The van der Waals surface area contributed by atoms with E-state index in [0.29, 0.717) is 24.3 Å². The fourth-order valence-electron chi connectivity index (χ4n) is 2.39. The van der Waals surface area contributed by atoms with Gasteiger partial charge in [0.1, 0.15) is 11.3 Å². The first-order chi connectivity index (χ1) is 11.1. The van der Waals surface area contributed by atoms with E-state index in [1.807, 2.05) is 30.3 Å². The second kappa shape index (κ2) is 5.96. The lowest BCUT2D eigenvalue weighted by Crippen LogP contribution is -2.23. The van der Waals surface area contributed by atoms with Gasteiger partial charge in [0.05, 0.1) is 6.61 Å². The molecule has 0 aliphatic rings. The van der Waals surface area contributed by atoms with Crippen molar-refractivity contribution in [1.82, 2.24) is 14.6 Å². The van der Waals surface area contributed by atoms with Crippen LogP contribution in [-0.2, 0) is 6.42 Å². The summed E-state index contributed by atoms with van der Waals surface area (Å²) >= 11 is 0. The lowest BCUT2D eigenvalue weighted by atomic mass is 10.2. The second-order valence-electron chi connectivity index (χ2n) is 5.04. The number of ether oxygens (including phenoxy) is 1. The van der Waals surface area contributed by atoms with Crippen molar-refractivity contribution in [2.75, 3.05) is 6.61 Å². The highest BCUT2D eigenvalue weighted by molar-refractivity contribution is 5.94. The number of aryl methyl sites for hydroxylation is 1. The van der Waals surface area contributed by atoms with Crippen LogP contribution in [0.3, 0.4) is 0 Å². The number of H-pyrrole nitrogens is 1. The summed E-state index contributed by atoms with van der Waals surface area (Å²) in [6.45, 7) is 2.03. The normalized spacial score (nSPS) is 10.8. The molecule has 23 heavy (non-hydrogen) atoms.